The summed E-state index contributed by atoms with van der Waals surface area (Å²) >= 11 is 0. The molecule has 30 heavy (non-hydrogen) atoms. The molecule has 0 unspecified atom stereocenters. The van der Waals surface area contributed by atoms with Crippen molar-refractivity contribution in [1.82, 2.24) is 4.72 Å². The molecular weight excluding hydrogens is 416 g/mol. The Hall–Kier alpha value is -2.56. The first-order chi connectivity index (χ1) is 14.2. The van der Waals surface area contributed by atoms with E-state index in [4.69, 9.17) is 4.74 Å². The zero-order valence-electron chi connectivity index (χ0n) is 16.6. The number of carbonyl (C=O) groups excluding carboxylic acids is 1. The van der Waals surface area contributed by atoms with Crippen LogP contribution in [0.3, 0.4) is 0 Å². The Kier molecular flexibility index (Phi) is 6.69. The topological polar surface area (TPSA) is 87.7 Å². The fourth-order valence-corrected chi connectivity index (χ4v) is 4.34. The molecule has 1 fully saturated rings. The van der Waals surface area contributed by atoms with Gasteiger partial charge >= 0.3 is 0 Å². The van der Waals surface area contributed by atoms with Crippen LogP contribution in [0.15, 0.2) is 41.3 Å². The standard InChI is InChI=1S/C20H23F2N3O4S/c1-13(2)24-30(27,28)15-4-5-17(21)16(12-15)20(26)23-14-3-6-19(18(22)11-14)25-7-9-29-10-8-25/h3-6,11-13,24H,7-10H2,1-2H3,(H,23,26). The monoisotopic (exact) mass is 439 g/mol. The van der Waals surface area contributed by atoms with Gasteiger partial charge in [0.1, 0.15) is 11.6 Å². The SMILES string of the molecule is CC(C)NS(=O)(=O)c1ccc(F)c(C(=O)Nc2ccc(N3CCOCC3)c(F)c2)c1. The number of carbonyl (C=O) groups is 1. The van der Waals surface area contributed by atoms with E-state index in [9.17, 15) is 22.0 Å². The quantitative estimate of drug-likeness (QED) is 0.723. The summed E-state index contributed by atoms with van der Waals surface area (Å²) < 4.78 is 60.9. The van der Waals surface area contributed by atoms with Gasteiger partial charge in [0, 0.05) is 24.8 Å². The minimum Gasteiger partial charge on any atom is -0.378 e. The van der Waals surface area contributed by atoms with Gasteiger partial charge in [-0.05, 0) is 50.2 Å². The molecule has 162 valence electrons. The van der Waals surface area contributed by atoms with E-state index in [0.717, 1.165) is 24.3 Å². The summed E-state index contributed by atoms with van der Waals surface area (Å²) in [4.78, 5) is 14.1. The number of ether oxygens (including phenoxy) is 1. The number of hydrogen-bond donors (Lipinski definition) is 2. The van der Waals surface area contributed by atoms with E-state index in [1.165, 1.54) is 12.1 Å². The van der Waals surface area contributed by atoms with Crippen LogP contribution in [0, 0.1) is 11.6 Å². The van der Waals surface area contributed by atoms with Crippen molar-refractivity contribution in [3.05, 3.63) is 53.6 Å². The number of hydrogen-bond acceptors (Lipinski definition) is 5. The molecular formula is C20H23F2N3O4S. The number of nitrogens with zero attached hydrogens (tertiary/aromatic N) is 1. The van der Waals surface area contributed by atoms with E-state index >= 15 is 0 Å². The largest absolute Gasteiger partial charge is 0.378 e. The van der Waals surface area contributed by atoms with Gasteiger partial charge in [-0.1, -0.05) is 0 Å². The molecule has 0 spiro atoms. The maximum absolute atomic E-state index is 14.5. The second-order valence-corrected chi connectivity index (χ2v) is 8.85. The summed E-state index contributed by atoms with van der Waals surface area (Å²) in [7, 11) is -3.90. The van der Waals surface area contributed by atoms with Gasteiger partial charge in [0.05, 0.1) is 29.4 Å². The molecule has 2 aromatic rings. The predicted molar refractivity (Wildman–Crippen MR) is 109 cm³/mol. The highest BCUT2D eigenvalue weighted by Gasteiger charge is 2.21. The number of morpholine rings is 1. The number of nitrogens with one attached hydrogen (secondary N) is 2. The van der Waals surface area contributed by atoms with Gasteiger partial charge in [0.25, 0.3) is 5.91 Å². The number of sulfonamides is 1. The van der Waals surface area contributed by atoms with Gasteiger partial charge in [-0.2, -0.15) is 0 Å². The summed E-state index contributed by atoms with van der Waals surface area (Å²) in [5.74, 6) is -2.30. The maximum atomic E-state index is 14.5. The third-order valence-corrected chi connectivity index (χ3v) is 6.10. The molecule has 1 aliphatic heterocycles. The van der Waals surface area contributed by atoms with Crippen LogP contribution >= 0.6 is 0 Å². The minimum atomic E-state index is -3.90. The van der Waals surface area contributed by atoms with Crippen LogP contribution in [0.1, 0.15) is 24.2 Å². The summed E-state index contributed by atoms with van der Waals surface area (Å²) in [6.07, 6.45) is 0. The summed E-state index contributed by atoms with van der Waals surface area (Å²) in [5, 5.41) is 2.41. The average molecular weight is 439 g/mol. The first-order valence-corrected chi connectivity index (χ1v) is 10.9. The Bertz CT molecular complexity index is 1040. The highest BCUT2D eigenvalue weighted by atomic mass is 32.2. The van der Waals surface area contributed by atoms with Crippen LogP contribution < -0.4 is 14.9 Å². The fourth-order valence-electron chi connectivity index (χ4n) is 3.07. The van der Waals surface area contributed by atoms with Crippen LogP contribution in [-0.2, 0) is 14.8 Å². The van der Waals surface area contributed by atoms with Crippen LogP contribution in [0.25, 0.3) is 0 Å². The van der Waals surface area contributed by atoms with Crippen molar-refractivity contribution in [2.75, 3.05) is 36.5 Å². The van der Waals surface area contributed by atoms with Crippen LogP contribution in [0.5, 0.6) is 0 Å². The molecule has 3 rings (SSSR count). The van der Waals surface area contributed by atoms with Gasteiger partial charge in [0.2, 0.25) is 10.0 Å². The molecule has 0 saturated carbocycles. The molecule has 1 heterocycles. The minimum absolute atomic E-state index is 0.127. The van der Waals surface area contributed by atoms with E-state index in [1.807, 2.05) is 4.90 Å². The number of halogens is 2. The van der Waals surface area contributed by atoms with E-state index in [-0.39, 0.29) is 16.6 Å². The molecule has 0 aliphatic carbocycles. The molecule has 2 aromatic carbocycles. The zero-order valence-corrected chi connectivity index (χ0v) is 17.4. The van der Waals surface area contributed by atoms with Crippen molar-refractivity contribution >= 4 is 27.3 Å². The van der Waals surface area contributed by atoms with Gasteiger partial charge < -0.3 is 15.0 Å². The smallest absolute Gasteiger partial charge is 0.258 e. The van der Waals surface area contributed by atoms with Gasteiger partial charge in [0.15, 0.2) is 0 Å². The fraction of sp³-hybridized carbons (Fsp3) is 0.350. The normalized spacial score (nSPS) is 14.8. The number of amides is 1. The van der Waals surface area contributed by atoms with Crippen molar-refractivity contribution in [2.45, 2.75) is 24.8 Å². The third kappa shape index (κ3) is 5.13. The van der Waals surface area contributed by atoms with Crippen molar-refractivity contribution in [3.63, 3.8) is 0 Å². The first-order valence-electron chi connectivity index (χ1n) is 9.43. The van der Waals surface area contributed by atoms with E-state index in [1.54, 1.807) is 13.8 Å². The Morgan fingerprint density at radius 1 is 1.07 bits per heavy atom. The second kappa shape index (κ2) is 9.07. The highest BCUT2D eigenvalue weighted by molar-refractivity contribution is 7.89. The maximum Gasteiger partial charge on any atom is 0.258 e. The molecule has 10 heteroatoms. The van der Waals surface area contributed by atoms with Crippen molar-refractivity contribution in [1.29, 1.82) is 0 Å². The van der Waals surface area contributed by atoms with E-state index in [2.05, 4.69) is 10.0 Å². The Morgan fingerprint density at radius 3 is 2.40 bits per heavy atom. The van der Waals surface area contributed by atoms with Crippen molar-refractivity contribution in [2.24, 2.45) is 0 Å². The molecule has 7 nitrogen and oxygen atoms in total. The molecule has 2 N–H and O–H groups in total. The second-order valence-electron chi connectivity index (χ2n) is 7.14. The Morgan fingerprint density at radius 2 is 1.77 bits per heavy atom. The number of benzene rings is 2. The molecule has 0 aromatic heterocycles. The molecule has 1 amide bonds. The number of rotatable bonds is 6. The van der Waals surface area contributed by atoms with Gasteiger partial charge in [-0.3, -0.25) is 4.79 Å². The molecule has 0 radical (unpaired) electrons. The van der Waals surface area contributed by atoms with Crippen molar-refractivity contribution in [3.8, 4) is 0 Å². The first kappa shape index (κ1) is 22.1. The van der Waals surface area contributed by atoms with E-state index < -0.39 is 33.1 Å². The lowest BCUT2D eigenvalue weighted by Gasteiger charge is -2.29. The average Bonchev–Trinajstić information content (AvgIpc) is 2.68. The van der Waals surface area contributed by atoms with Gasteiger partial charge in [-0.25, -0.2) is 21.9 Å². The molecule has 0 atom stereocenters. The highest BCUT2D eigenvalue weighted by Crippen LogP contribution is 2.24. The lowest BCUT2D eigenvalue weighted by atomic mass is 10.2. The lowest BCUT2D eigenvalue weighted by Crippen LogP contribution is -2.36. The molecule has 0 bridgehead atoms. The summed E-state index contributed by atoms with van der Waals surface area (Å²) in [6.45, 7) is 5.40. The Labute approximate surface area is 174 Å². The lowest BCUT2D eigenvalue weighted by molar-refractivity contribution is 0.102. The third-order valence-electron chi connectivity index (χ3n) is 4.44. The van der Waals surface area contributed by atoms with E-state index in [0.29, 0.717) is 32.0 Å². The molecule has 1 aliphatic rings. The van der Waals surface area contributed by atoms with Crippen molar-refractivity contribution < 1.29 is 26.7 Å². The van der Waals surface area contributed by atoms with Crippen LogP contribution in [0.2, 0.25) is 0 Å². The number of anilines is 2. The van der Waals surface area contributed by atoms with Crippen LogP contribution in [0.4, 0.5) is 20.2 Å². The zero-order chi connectivity index (χ0) is 21.9. The Balaban J connectivity index is 1.80. The summed E-state index contributed by atoms with van der Waals surface area (Å²) in [6, 6.07) is 6.74. The van der Waals surface area contributed by atoms with Crippen LogP contribution in [-0.4, -0.2) is 46.7 Å². The van der Waals surface area contributed by atoms with Gasteiger partial charge in [-0.15, -0.1) is 0 Å². The summed E-state index contributed by atoms with van der Waals surface area (Å²) in [5.41, 5.74) is 0.0529. The molecule has 1 saturated heterocycles. The predicted octanol–water partition coefficient (Wildman–Crippen LogP) is 2.74.